The normalized spacial score (nSPS) is 12.2. The molecule has 0 aliphatic heterocycles. The molecule has 0 saturated carbocycles. The summed E-state index contributed by atoms with van der Waals surface area (Å²) >= 11 is 0. The van der Waals surface area contributed by atoms with E-state index in [-0.39, 0.29) is 31.1 Å². The number of hydrogen-bond donors (Lipinski definition) is 0. The Labute approximate surface area is 493 Å². The summed E-state index contributed by atoms with van der Waals surface area (Å²) in [6, 6.07) is 0. The summed E-state index contributed by atoms with van der Waals surface area (Å²) in [5, 5.41) is 0. The topological polar surface area (TPSA) is 78.9 Å². The second-order valence-electron chi connectivity index (χ2n) is 24.1. The van der Waals surface area contributed by atoms with Gasteiger partial charge in [0.25, 0.3) is 0 Å². The second kappa shape index (κ2) is 68.1. The van der Waals surface area contributed by atoms with E-state index in [0.29, 0.717) is 19.3 Å². The largest absolute Gasteiger partial charge is 0.462 e. The van der Waals surface area contributed by atoms with Gasteiger partial charge < -0.3 is 14.2 Å². The third kappa shape index (κ3) is 66.3. The lowest BCUT2D eigenvalue weighted by Crippen LogP contribution is -2.30. The summed E-state index contributed by atoms with van der Waals surface area (Å²) in [6.45, 7) is 6.69. The van der Waals surface area contributed by atoms with Gasteiger partial charge in [-0.05, 0) is 77.0 Å². The number of hydrogen-bond acceptors (Lipinski definition) is 6. The summed E-state index contributed by atoms with van der Waals surface area (Å²) in [6.07, 6.45) is 84.5. The monoisotopic (exact) mass is 1110 g/mol. The summed E-state index contributed by atoms with van der Waals surface area (Å²) < 4.78 is 17.0. The molecular formula is C73H136O6. The zero-order chi connectivity index (χ0) is 57.1. The average Bonchev–Trinajstić information content (AvgIpc) is 3.45. The van der Waals surface area contributed by atoms with E-state index < -0.39 is 6.10 Å². The Morgan fingerprint density at radius 1 is 0.253 bits per heavy atom. The molecule has 0 aliphatic rings. The minimum Gasteiger partial charge on any atom is -0.462 e. The standard InChI is InChI=1S/C73H136O6/c1-4-7-10-13-16-19-22-25-28-31-34-35-36-37-38-40-42-45-48-51-54-57-60-63-66-72(75)78-69-70(68-77-71(74)65-62-59-56-53-50-47-44-41-33-30-27-24-21-18-15-12-9-6-3)79-73(76)67-64-61-58-55-52-49-46-43-39-32-29-26-23-20-17-14-11-8-5-2/h21,24,26,29-30,33,70H,4-20,22-23,25,27-28,31-32,34-69H2,1-3H3/b24-21-,29-26-,33-30-. The lowest BCUT2D eigenvalue weighted by atomic mass is 10.0. The van der Waals surface area contributed by atoms with Crippen molar-refractivity contribution in [2.75, 3.05) is 13.2 Å². The molecule has 0 radical (unpaired) electrons. The highest BCUT2D eigenvalue weighted by atomic mass is 16.6. The second-order valence-corrected chi connectivity index (χ2v) is 24.1. The third-order valence-corrected chi connectivity index (χ3v) is 16.1. The smallest absolute Gasteiger partial charge is 0.306 e. The fourth-order valence-electron chi connectivity index (χ4n) is 10.8. The van der Waals surface area contributed by atoms with Crippen molar-refractivity contribution < 1.29 is 28.6 Å². The molecule has 1 unspecified atom stereocenters. The van der Waals surface area contributed by atoms with Crippen LogP contribution in [0.15, 0.2) is 36.5 Å². The van der Waals surface area contributed by atoms with Crippen LogP contribution in [0.1, 0.15) is 393 Å². The van der Waals surface area contributed by atoms with Crippen molar-refractivity contribution in [3.63, 3.8) is 0 Å². The first-order valence-corrected chi connectivity index (χ1v) is 35.5. The Bertz CT molecular complexity index is 1320. The number of allylic oxidation sites excluding steroid dienone is 6. The highest BCUT2D eigenvalue weighted by Crippen LogP contribution is 2.18. The Hall–Kier alpha value is -2.37. The minimum atomic E-state index is -0.776. The Kier molecular flexibility index (Phi) is 66.1. The number of unbranched alkanes of at least 4 members (excludes halogenated alkanes) is 49. The van der Waals surface area contributed by atoms with Crippen LogP contribution in [0, 0.1) is 0 Å². The zero-order valence-electron chi connectivity index (χ0n) is 53.4. The molecule has 0 aromatic carbocycles. The molecule has 0 N–H and O–H groups in total. The number of carbonyl (C=O) groups excluding carboxylic acids is 3. The van der Waals surface area contributed by atoms with Crippen molar-refractivity contribution in [2.24, 2.45) is 0 Å². The predicted molar refractivity (Wildman–Crippen MR) is 344 cm³/mol. The lowest BCUT2D eigenvalue weighted by Gasteiger charge is -2.18. The van der Waals surface area contributed by atoms with Crippen molar-refractivity contribution in [2.45, 2.75) is 399 Å². The highest BCUT2D eigenvalue weighted by Gasteiger charge is 2.19. The van der Waals surface area contributed by atoms with Crippen molar-refractivity contribution in [3.8, 4) is 0 Å². The number of esters is 3. The summed E-state index contributed by atoms with van der Waals surface area (Å²) in [4.78, 5) is 38.5. The molecule has 0 heterocycles. The van der Waals surface area contributed by atoms with Gasteiger partial charge in [-0.1, -0.05) is 333 Å². The molecule has 0 bridgehead atoms. The fraction of sp³-hybridized carbons (Fsp3) is 0.877. The molecule has 0 fully saturated rings. The molecule has 0 aromatic rings. The Balaban J connectivity index is 4.30. The maximum Gasteiger partial charge on any atom is 0.306 e. The van der Waals surface area contributed by atoms with Gasteiger partial charge in [0.15, 0.2) is 6.10 Å². The van der Waals surface area contributed by atoms with Crippen LogP contribution < -0.4 is 0 Å². The SMILES string of the molecule is CCCCCC/C=C\C/C=C\CCCCCCCCCC(=O)OCC(COC(=O)CCCCCCCCCCCCCCCCCCCCCCCCCC)OC(=O)CCCCCCCCCCC/C=C\CCCCCCCC. The van der Waals surface area contributed by atoms with Crippen molar-refractivity contribution in [1.29, 1.82) is 0 Å². The number of rotatable bonds is 66. The van der Waals surface area contributed by atoms with E-state index in [1.807, 2.05) is 0 Å². The van der Waals surface area contributed by atoms with Crippen molar-refractivity contribution in [1.82, 2.24) is 0 Å². The van der Waals surface area contributed by atoms with Crippen molar-refractivity contribution >= 4 is 17.9 Å². The van der Waals surface area contributed by atoms with Crippen LogP contribution in [0.4, 0.5) is 0 Å². The predicted octanol–water partition coefficient (Wildman–Crippen LogP) is 24.3. The van der Waals surface area contributed by atoms with E-state index in [9.17, 15) is 14.4 Å². The molecule has 79 heavy (non-hydrogen) atoms. The van der Waals surface area contributed by atoms with Crippen LogP contribution in [-0.2, 0) is 28.6 Å². The molecule has 0 rings (SSSR count). The first kappa shape index (κ1) is 76.6. The first-order chi connectivity index (χ1) is 39.0. The van der Waals surface area contributed by atoms with E-state index in [4.69, 9.17) is 14.2 Å². The van der Waals surface area contributed by atoms with Gasteiger partial charge in [0.05, 0.1) is 0 Å². The minimum absolute atomic E-state index is 0.0707. The van der Waals surface area contributed by atoms with Crippen LogP contribution in [0.3, 0.4) is 0 Å². The van der Waals surface area contributed by atoms with Crippen LogP contribution >= 0.6 is 0 Å². The highest BCUT2D eigenvalue weighted by molar-refractivity contribution is 5.71. The first-order valence-electron chi connectivity index (χ1n) is 35.5. The third-order valence-electron chi connectivity index (χ3n) is 16.1. The summed E-state index contributed by atoms with van der Waals surface area (Å²) in [5.74, 6) is -0.851. The van der Waals surface area contributed by atoms with E-state index in [2.05, 4.69) is 57.2 Å². The fourth-order valence-corrected chi connectivity index (χ4v) is 10.8. The molecule has 0 aromatic heterocycles. The molecule has 464 valence electrons. The van der Waals surface area contributed by atoms with Gasteiger partial charge in [-0.2, -0.15) is 0 Å². The molecule has 0 saturated heterocycles. The van der Waals surface area contributed by atoms with Crippen molar-refractivity contribution in [3.05, 3.63) is 36.5 Å². The van der Waals surface area contributed by atoms with E-state index >= 15 is 0 Å². The maximum absolute atomic E-state index is 13.0. The van der Waals surface area contributed by atoms with Gasteiger partial charge >= 0.3 is 17.9 Å². The summed E-state index contributed by atoms with van der Waals surface area (Å²) in [7, 11) is 0. The molecule has 0 spiro atoms. The van der Waals surface area contributed by atoms with E-state index in [0.717, 1.165) is 70.6 Å². The number of carbonyl (C=O) groups is 3. The van der Waals surface area contributed by atoms with Crippen LogP contribution in [0.5, 0.6) is 0 Å². The Morgan fingerprint density at radius 2 is 0.456 bits per heavy atom. The van der Waals surface area contributed by atoms with Gasteiger partial charge in [-0.25, -0.2) is 0 Å². The molecule has 1 atom stereocenters. The molecule has 6 heteroatoms. The average molecular weight is 1110 g/mol. The van der Waals surface area contributed by atoms with Gasteiger partial charge in [0.1, 0.15) is 13.2 Å². The molecule has 0 amide bonds. The van der Waals surface area contributed by atoms with Gasteiger partial charge in [0, 0.05) is 19.3 Å². The Morgan fingerprint density at radius 3 is 0.722 bits per heavy atom. The van der Waals surface area contributed by atoms with Crippen LogP contribution in [0.2, 0.25) is 0 Å². The van der Waals surface area contributed by atoms with Crippen LogP contribution in [0.25, 0.3) is 0 Å². The quantitative estimate of drug-likeness (QED) is 0.0261. The lowest BCUT2D eigenvalue weighted by molar-refractivity contribution is -0.167. The molecular weight excluding hydrogens is 973 g/mol. The van der Waals surface area contributed by atoms with Crippen LogP contribution in [-0.4, -0.2) is 37.2 Å². The van der Waals surface area contributed by atoms with E-state index in [1.165, 1.54) is 283 Å². The maximum atomic E-state index is 13.0. The molecule has 6 nitrogen and oxygen atoms in total. The van der Waals surface area contributed by atoms with Gasteiger partial charge in [0.2, 0.25) is 0 Å². The van der Waals surface area contributed by atoms with E-state index in [1.54, 1.807) is 0 Å². The molecule has 0 aliphatic carbocycles. The zero-order valence-corrected chi connectivity index (χ0v) is 53.4. The summed E-state index contributed by atoms with van der Waals surface area (Å²) in [5.41, 5.74) is 0. The van der Waals surface area contributed by atoms with Gasteiger partial charge in [-0.15, -0.1) is 0 Å². The van der Waals surface area contributed by atoms with Gasteiger partial charge in [-0.3, -0.25) is 14.4 Å². The number of ether oxygens (including phenoxy) is 3.